The van der Waals surface area contributed by atoms with Gasteiger partial charge >= 0.3 is 5.97 Å². The van der Waals surface area contributed by atoms with Gasteiger partial charge in [0.15, 0.2) is 11.5 Å². The summed E-state index contributed by atoms with van der Waals surface area (Å²) in [5, 5.41) is 35.3. The van der Waals surface area contributed by atoms with Crippen LogP contribution in [0.5, 0.6) is 11.5 Å². The lowest BCUT2D eigenvalue weighted by Crippen LogP contribution is -2.41. The van der Waals surface area contributed by atoms with Gasteiger partial charge in [0, 0.05) is 5.69 Å². The molecule has 0 spiro atoms. The average Bonchev–Trinajstić information content (AvgIpc) is 2.81. The second-order valence-electron chi connectivity index (χ2n) is 7.08. The van der Waals surface area contributed by atoms with Crippen molar-refractivity contribution in [3.05, 3.63) is 89.5 Å². The fourth-order valence-electron chi connectivity index (χ4n) is 3.15. The van der Waals surface area contributed by atoms with Crippen molar-refractivity contribution in [2.45, 2.75) is 18.7 Å². The van der Waals surface area contributed by atoms with E-state index in [-0.39, 0.29) is 17.7 Å². The lowest BCUT2D eigenvalue weighted by atomic mass is 10.0. The molecule has 0 fully saturated rings. The monoisotopic (exact) mass is 436 g/mol. The number of aromatic hydroxyl groups is 2. The molecule has 32 heavy (non-hydrogen) atoms. The number of aliphatic hydroxyl groups is 1. The molecule has 0 aliphatic heterocycles. The van der Waals surface area contributed by atoms with Crippen molar-refractivity contribution in [1.29, 1.82) is 0 Å². The van der Waals surface area contributed by atoms with Crippen LogP contribution >= 0.6 is 0 Å². The molecule has 3 aromatic carbocycles. The lowest BCUT2D eigenvalue weighted by molar-refractivity contribution is -0.144. The lowest BCUT2D eigenvalue weighted by Gasteiger charge is -2.21. The number of anilines is 1. The molecule has 0 aliphatic carbocycles. The Kier molecular flexibility index (Phi) is 7.43. The van der Waals surface area contributed by atoms with E-state index >= 15 is 0 Å². The number of carbonyl (C=O) groups is 2. The van der Waals surface area contributed by atoms with Crippen molar-refractivity contribution in [2.75, 3.05) is 12.4 Å². The number of methoxy groups -OCH3 is 1. The Hall–Kier alpha value is -3.88. The van der Waals surface area contributed by atoms with Gasteiger partial charge in [0.1, 0.15) is 12.3 Å². The third kappa shape index (κ3) is 5.63. The molecule has 1 amide bonds. The highest BCUT2D eigenvalue weighted by atomic mass is 16.5. The van der Waals surface area contributed by atoms with Gasteiger partial charge in [0.25, 0.3) is 5.91 Å². The van der Waals surface area contributed by atoms with E-state index in [9.17, 15) is 24.9 Å². The van der Waals surface area contributed by atoms with Crippen LogP contribution < -0.4 is 10.6 Å². The molecule has 0 heterocycles. The number of benzene rings is 3. The van der Waals surface area contributed by atoms with E-state index in [1.807, 2.05) is 6.07 Å². The van der Waals surface area contributed by atoms with Crippen LogP contribution in [0.2, 0.25) is 0 Å². The molecule has 3 aromatic rings. The van der Waals surface area contributed by atoms with Crippen LogP contribution in [0.3, 0.4) is 0 Å². The van der Waals surface area contributed by atoms with Gasteiger partial charge in [-0.25, -0.2) is 0 Å². The third-order valence-corrected chi connectivity index (χ3v) is 4.87. The zero-order valence-electron chi connectivity index (χ0n) is 17.4. The van der Waals surface area contributed by atoms with Crippen LogP contribution in [0.15, 0.2) is 72.8 Å². The molecule has 0 bridgehead atoms. The first-order chi connectivity index (χ1) is 15.4. The van der Waals surface area contributed by atoms with Crippen LogP contribution in [0.1, 0.15) is 27.7 Å². The Morgan fingerprint density at radius 1 is 0.938 bits per heavy atom. The maximum Gasteiger partial charge on any atom is 0.323 e. The van der Waals surface area contributed by atoms with E-state index in [2.05, 4.69) is 10.6 Å². The molecule has 0 saturated carbocycles. The first kappa shape index (κ1) is 22.8. The predicted octanol–water partition coefficient (Wildman–Crippen LogP) is 2.71. The summed E-state index contributed by atoms with van der Waals surface area (Å²) < 4.78 is 4.85. The number of nitrogens with one attached hydrogen (secondary N) is 2. The van der Waals surface area contributed by atoms with Crippen molar-refractivity contribution in [3.63, 3.8) is 0 Å². The number of phenols is 2. The van der Waals surface area contributed by atoms with Crippen molar-refractivity contribution in [1.82, 2.24) is 5.32 Å². The predicted molar refractivity (Wildman–Crippen MR) is 118 cm³/mol. The number of esters is 1. The molecule has 0 aromatic heterocycles. The van der Waals surface area contributed by atoms with Gasteiger partial charge in [0.05, 0.1) is 12.7 Å². The highest BCUT2D eigenvalue weighted by Gasteiger charge is 2.23. The molecular weight excluding hydrogens is 412 g/mol. The Morgan fingerprint density at radius 2 is 1.62 bits per heavy atom. The third-order valence-electron chi connectivity index (χ3n) is 4.87. The average molecular weight is 436 g/mol. The summed E-state index contributed by atoms with van der Waals surface area (Å²) in [6, 6.07) is 19.0. The zero-order chi connectivity index (χ0) is 23.1. The summed E-state index contributed by atoms with van der Waals surface area (Å²) in [6.45, 7) is 0. The fourth-order valence-corrected chi connectivity index (χ4v) is 3.15. The summed E-state index contributed by atoms with van der Waals surface area (Å²) in [7, 11) is 1.28. The number of para-hydroxylation sites is 1. The molecule has 166 valence electrons. The second kappa shape index (κ2) is 10.4. The van der Waals surface area contributed by atoms with Gasteiger partial charge in [-0.1, -0.05) is 48.5 Å². The minimum absolute atomic E-state index is 0.0565. The normalized spacial score (nSPS) is 12.6. The number of ether oxygens (including phenoxy) is 1. The van der Waals surface area contributed by atoms with Crippen LogP contribution in [-0.4, -0.2) is 40.3 Å². The zero-order valence-corrected chi connectivity index (χ0v) is 17.4. The van der Waals surface area contributed by atoms with E-state index in [1.54, 1.807) is 48.5 Å². The molecule has 0 aliphatic rings. The number of rotatable bonds is 8. The quantitative estimate of drug-likeness (QED) is 0.209. The van der Waals surface area contributed by atoms with Gasteiger partial charge in [-0.15, -0.1) is 0 Å². The van der Waals surface area contributed by atoms with Crippen LogP contribution in [0.4, 0.5) is 5.69 Å². The molecule has 5 N–H and O–H groups in total. The summed E-state index contributed by atoms with van der Waals surface area (Å²) in [5.74, 6) is -1.97. The second-order valence-corrected chi connectivity index (χ2v) is 7.08. The van der Waals surface area contributed by atoms with Crippen molar-refractivity contribution < 1.29 is 29.6 Å². The maximum absolute atomic E-state index is 12.4. The Labute approximate surface area is 185 Å². The molecule has 8 heteroatoms. The number of amides is 1. The molecule has 0 radical (unpaired) electrons. The summed E-state index contributed by atoms with van der Waals surface area (Å²) >= 11 is 0. The summed E-state index contributed by atoms with van der Waals surface area (Å²) in [6.07, 6.45) is -0.799. The van der Waals surface area contributed by atoms with Crippen molar-refractivity contribution in [3.8, 4) is 11.5 Å². The molecular formula is C24H24N2O6. The molecule has 0 saturated heterocycles. The largest absolute Gasteiger partial charge is 0.504 e. The van der Waals surface area contributed by atoms with E-state index < -0.39 is 29.9 Å². The molecule has 8 nitrogen and oxygen atoms in total. The maximum atomic E-state index is 12.4. The standard InChI is InChI=1S/C24H24N2O6/c1-32-24(31)19(26-22(29)16-6-3-2-4-7-16)14-15-10-12-17(13-11-15)25-23(30)18-8-5-9-20(27)21(18)28/h2-13,19,22,26-29H,14H2,1H3,(H,25,30)/t19-,22?/m1/s1. The fraction of sp³-hybridized carbons (Fsp3) is 0.167. The van der Waals surface area contributed by atoms with Gasteiger partial charge in [-0.05, 0) is 41.8 Å². The molecule has 3 rings (SSSR count). The number of hydrogen-bond acceptors (Lipinski definition) is 7. The first-order valence-electron chi connectivity index (χ1n) is 9.87. The smallest absolute Gasteiger partial charge is 0.323 e. The van der Waals surface area contributed by atoms with Gasteiger partial charge in [-0.3, -0.25) is 14.9 Å². The highest BCUT2D eigenvalue weighted by molar-refractivity contribution is 6.06. The number of carbonyl (C=O) groups excluding carboxylic acids is 2. The van der Waals surface area contributed by atoms with Crippen molar-refractivity contribution >= 4 is 17.6 Å². The minimum Gasteiger partial charge on any atom is -0.504 e. The van der Waals surface area contributed by atoms with Gasteiger partial charge < -0.3 is 25.4 Å². The number of aliphatic hydroxyl groups excluding tert-OH is 1. The number of hydrogen-bond donors (Lipinski definition) is 5. The SMILES string of the molecule is COC(=O)[C@@H](Cc1ccc(NC(=O)c2cccc(O)c2O)cc1)NC(O)c1ccccc1. The van der Waals surface area contributed by atoms with E-state index in [0.29, 0.717) is 11.3 Å². The van der Waals surface area contributed by atoms with Crippen molar-refractivity contribution in [2.24, 2.45) is 0 Å². The van der Waals surface area contributed by atoms with Gasteiger partial charge in [-0.2, -0.15) is 0 Å². The van der Waals surface area contributed by atoms with Crippen LogP contribution in [0.25, 0.3) is 0 Å². The van der Waals surface area contributed by atoms with E-state index in [1.165, 1.54) is 25.3 Å². The minimum atomic E-state index is -1.05. The topological polar surface area (TPSA) is 128 Å². The Morgan fingerprint density at radius 3 is 2.28 bits per heavy atom. The number of phenolic OH excluding ortho intramolecular Hbond substituents is 2. The van der Waals surface area contributed by atoms with E-state index in [4.69, 9.17) is 4.74 Å². The summed E-state index contributed by atoms with van der Waals surface area (Å²) in [4.78, 5) is 24.6. The van der Waals surface area contributed by atoms with Crippen LogP contribution in [-0.2, 0) is 16.0 Å². The first-order valence-corrected chi connectivity index (χ1v) is 9.87. The Balaban J connectivity index is 1.67. The van der Waals surface area contributed by atoms with E-state index in [0.717, 1.165) is 5.56 Å². The van der Waals surface area contributed by atoms with Gasteiger partial charge in [0.2, 0.25) is 0 Å². The molecule has 1 unspecified atom stereocenters. The Bertz CT molecular complexity index is 1070. The van der Waals surface area contributed by atoms with Crippen LogP contribution in [0, 0.1) is 0 Å². The molecule has 2 atom stereocenters. The highest BCUT2D eigenvalue weighted by Crippen LogP contribution is 2.28. The summed E-state index contributed by atoms with van der Waals surface area (Å²) in [5.41, 5.74) is 1.80.